The topological polar surface area (TPSA) is 51.2 Å². The van der Waals surface area contributed by atoms with E-state index >= 15 is 0 Å². The highest BCUT2D eigenvalue weighted by molar-refractivity contribution is 5.88. The number of hydrogen-bond donors (Lipinski definition) is 1. The van der Waals surface area contributed by atoms with Gasteiger partial charge in [-0.05, 0) is 44.2 Å². The normalized spacial score (nSPS) is 12.9. The molecule has 0 bridgehead atoms. The number of carbonyl (C=O) groups is 1. The quantitative estimate of drug-likeness (QED) is 0.363. The van der Waals surface area contributed by atoms with Crippen LogP contribution in [0.15, 0.2) is 60.8 Å². The number of benzene rings is 1. The van der Waals surface area contributed by atoms with Crippen molar-refractivity contribution < 1.29 is 9.53 Å². The third kappa shape index (κ3) is 7.26. The molecule has 1 amide bonds. The van der Waals surface area contributed by atoms with Crippen LogP contribution in [0, 0.1) is 5.92 Å². The first-order valence-electron chi connectivity index (χ1n) is 9.68. The van der Waals surface area contributed by atoms with Crippen molar-refractivity contribution in [3.8, 4) is 5.75 Å². The van der Waals surface area contributed by atoms with Crippen LogP contribution in [0.25, 0.3) is 10.9 Å². The maximum atomic E-state index is 11.7. The number of carbonyl (C=O) groups excluding carboxylic acids is 1. The Morgan fingerprint density at radius 3 is 2.78 bits per heavy atom. The van der Waals surface area contributed by atoms with Crippen molar-refractivity contribution in [1.82, 2.24) is 10.3 Å². The van der Waals surface area contributed by atoms with Crippen LogP contribution in [-0.4, -0.2) is 23.5 Å². The fourth-order valence-corrected chi connectivity index (χ4v) is 2.50. The van der Waals surface area contributed by atoms with Crippen molar-refractivity contribution in [3.05, 3.63) is 60.8 Å². The molecule has 0 radical (unpaired) electrons. The van der Waals surface area contributed by atoms with E-state index in [2.05, 4.69) is 30.2 Å². The number of nitrogens with one attached hydrogen (secondary N) is 1. The standard InChI is InChI=1S/C23H30N2O2/c1-18(2)19(3)25-22(26)15-8-6-4-5-7-9-17-27-21-14-10-12-20-13-11-16-24-23(20)21/h4,6,8,10-16,18-19H,5,7,9,17H2,1-3H3,(H,25,26). The zero-order valence-electron chi connectivity index (χ0n) is 16.5. The van der Waals surface area contributed by atoms with E-state index < -0.39 is 0 Å². The van der Waals surface area contributed by atoms with Crippen molar-refractivity contribution in [2.45, 2.75) is 46.1 Å². The van der Waals surface area contributed by atoms with Crippen LogP contribution < -0.4 is 10.1 Å². The molecule has 1 N–H and O–H groups in total. The largest absolute Gasteiger partial charge is 0.491 e. The Balaban J connectivity index is 1.62. The Bertz CT molecular complexity index is 776. The van der Waals surface area contributed by atoms with Crippen LogP contribution in [-0.2, 0) is 4.79 Å². The second-order valence-electron chi connectivity index (χ2n) is 7.00. The molecule has 4 heteroatoms. The number of allylic oxidation sites excluding steroid dienone is 3. The van der Waals surface area contributed by atoms with Crippen molar-refractivity contribution in [2.24, 2.45) is 5.92 Å². The molecule has 0 aliphatic carbocycles. The third-order valence-electron chi connectivity index (χ3n) is 4.48. The first-order valence-corrected chi connectivity index (χ1v) is 9.68. The molecular weight excluding hydrogens is 336 g/mol. The lowest BCUT2D eigenvalue weighted by atomic mass is 10.1. The smallest absolute Gasteiger partial charge is 0.244 e. The molecule has 0 fully saturated rings. The van der Waals surface area contributed by atoms with E-state index in [1.165, 1.54) is 0 Å². The van der Waals surface area contributed by atoms with E-state index in [1.807, 2.05) is 43.3 Å². The summed E-state index contributed by atoms with van der Waals surface area (Å²) in [5.41, 5.74) is 0.912. The minimum Gasteiger partial charge on any atom is -0.491 e. The number of amides is 1. The highest BCUT2D eigenvalue weighted by Crippen LogP contribution is 2.23. The second-order valence-corrected chi connectivity index (χ2v) is 7.00. The van der Waals surface area contributed by atoms with E-state index in [1.54, 1.807) is 18.3 Å². The van der Waals surface area contributed by atoms with Crippen LogP contribution in [0.2, 0.25) is 0 Å². The monoisotopic (exact) mass is 366 g/mol. The van der Waals surface area contributed by atoms with Crippen molar-refractivity contribution in [1.29, 1.82) is 0 Å². The summed E-state index contributed by atoms with van der Waals surface area (Å²) in [6.07, 6.45) is 12.1. The molecule has 2 rings (SSSR count). The number of unbranched alkanes of at least 4 members (excludes halogenated alkanes) is 2. The summed E-state index contributed by atoms with van der Waals surface area (Å²) < 4.78 is 5.88. The maximum Gasteiger partial charge on any atom is 0.244 e. The van der Waals surface area contributed by atoms with Crippen LogP contribution in [0.5, 0.6) is 5.75 Å². The molecule has 0 aliphatic rings. The second kappa shape index (κ2) is 11.2. The van der Waals surface area contributed by atoms with Gasteiger partial charge < -0.3 is 10.1 Å². The first kappa shape index (κ1) is 20.7. The average molecular weight is 367 g/mol. The van der Waals surface area contributed by atoms with Gasteiger partial charge in [-0.2, -0.15) is 0 Å². The van der Waals surface area contributed by atoms with Gasteiger partial charge in [0, 0.05) is 23.7 Å². The summed E-state index contributed by atoms with van der Waals surface area (Å²) in [6.45, 7) is 6.88. The van der Waals surface area contributed by atoms with Gasteiger partial charge in [-0.3, -0.25) is 9.78 Å². The van der Waals surface area contributed by atoms with Gasteiger partial charge >= 0.3 is 0 Å². The Hall–Kier alpha value is -2.62. The Morgan fingerprint density at radius 1 is 1.15 bits per heavy atom. The van der Waals surface area contributed by atoms with Gasteiger partial charge in [0.25, 0.3) is 0 Å². The SMILES string of the molecule is CC(C)C(C)NC(=O)C=CC=CCCCCOc1cccc2cccnc12. The lowest BCUT2D eigenvalue weighted by molar-refractivity contribution is -0.117. The number of para-hydroxylation sites is 1. The van der Waals surface area contributed by atoms with E-state index in [-0.39, 0.29) is 11.9 Å². The summed E-state index contributed by atoms with van der Waals surface area (Å²) in [5, 5.41) is 4.04. The predicted octanol–water partition coefficient (Wildman–Crippen LogP) is 5.06. The molecule has 0 spiro atoms. The van der Waals surface area contributed by atoms with Gasteiger partial charge in [-0.25, -0.2) is 0 Å². The van der Waals surface area contributed by atoms with Gasteiger partial charge in [0.15, 0.2) is 0 Å². The van der Waals surface area contributed by atoms with Gasteiger partial charge in [0.1, 0.15) is 11.3 Å². The summed E-state index contributed by atoms with van der Waals surface area (Å²) in [7, 11) is 0. The molecule has 4 nitrogen and oxygen atoms in total. The highest BCUT2D eigenvalue weighted by atomic mass is 16.5. The molecule has 27 heavy (non-hydrogen) atoms. The van der Waals surface area contributed by atoms with Crippen LogP contribution in [0.3, 0.4) is 0 Å². The fraction of sp³-hybridized carbons (Fsp3) is 0.391. The minimum absolute atomic E-state index is 0.0436. The molecule has 1 unspecified atom stereocenters. The number of fused-ring (bicyclic) bond motifs is 1. The minimum atomic E-state index is -0.0436. The van der Waals surface area contributed by atoms with Gasteiger partial charge in [0.2, 0.25) is 5.91 Å². The Morgan fingerprint density at radius 2 is 1.96 bits per heavy atom. The molecule has 1 aromatic carbocycles. The summed E-state index contributed by atoms with van der Waals surface area (Å²) in [4.78, 5) is 16.1. The van der Waals surface area contributed by atoms with Gasteiger partial charge in [-0.1, -0.05) is 50.3 Å². The zero-order valence-corrected chi connectivity index (χ0v) is 16.5. The molecular formula is C23H30N2O2. The molecule has 144 valence electrons. The number of pyridine rings is 1. The van der Waals surface area contributed by atoms with Crippen LogP contribution in [0.4, 0.5) is 0 Å². The highest BCUT2D eigenvalue weighted by Gasteiger charge is 2.07. The molecule has 0 saturated carbocycles. The zero-order chi connectivity index (χ0) is 19.5. The molecule has 0 saturated heterocycles. The number of nitrogens with zero attached hydrogens (tertiary/aromatic N) is 1. The average Bonchev–Trinajstić information content (AvgIpc) is 2.66. The lowest BCUT2D eigenvalue weighted by Gasteiger charge is -2.15. The Labute approximate surface area is 162 Å². The van der Waals surface area contributed by atoms with E-state index in [0.717, 1.165) is 35.9 Å². The van der Waals surface area contributed by atoms with Crippen molar-refractivity contribution in [3.63, 3.8) is 0 Å². The van der Waals surface area contributed by atoms with E-state index in [9.17, 15) is 4.79 Å². The van der Waals surface area contributed by atoms with Crippen molar-refractivity contribution in [2.75, 3.05) is 6.61 Å². The molecule has 1 aromatic heterocycles. The number of hydrogen-bond acceptors (Lipinski definition) is 3. The third-order valence-corrected chi connectivity index (χ3v) is 4.48. The summed E-state index contributed by atoms with van der Waals surface area (Å²) in [5.74, 6) is 1.23. The number of rotatable bonds is 10. The van der Waals surface area contributed by atoms with Gasteiger partial charge in [0.05, 0.1) is 6.61 Å². The first-order chi connectivity index (χ1) is 13.1. The molecule has 0 aliphatic heterocycles. The maximum absolute atomic E-state index is 11.7. The Kier molecular flexibility index (Phi) is 8.56. The fourth-order valence-electron chi connectivity index (χ4n) is 2.50. The van der Waals surface area contributed by atoms with Crippen LogP contribution >= 0.6 is 0 Å². The van der Waals surface area contributed by atoms with Gasteiger partial charge in [-0.15, -0.1) is 0 Å². The summed E-state index contributed by atoms with van der Waals surface area (Å²) >= 11 is 0. The van der Waals surface area contributed by atoms with Crippen molar-refractivity contribution >= 4 is 16.8 Å². The molecule has 1 atom stereocenters. The molecule has 1 heterocycles. The lowest BCUT2D eigenvalue weighted by Crippen LogP contribution is -2.34. The van der Waals surface area contributed by atoms with E-state index in [4.69, 9.17) is 4.74 Å². The summed E-state index contributed by atoms with van der Waals surface area (Å²) in [6, 6.07) is 10.1. The predicted molar refractivity (Wildman–Crippen MR) is 112 cm³/mol. The van der Waals surface area contributed by atoms with E-state index in [0.29, 0.717) is 12.5 Å². The number of aromatic nitrogens is 1. The molecule has 2 aromatic rings. The number of ether oxygens (including phenoxy) is 1. The van der Waals surface area contributed by atoms with Crippen LogP contribution in [0.1, 0.15) is 40.0 Å².